The first-order valence-electron chi connectivity index (χ1n) is 8.00. The second-order valence-electron chi connectivity index (χ2n) is 5.89. The molecule has 108 valence electrons. The van der Waals surface area contributed by atoms with Gasteiger partial charge in [-0.1, -0.05) is 37.7 Å². The van der Waals surface area contributed by atoms with Gasteiger partial charge in [-0.05, 0) is 67.9 Å². The predicted octanol–water partition coefficient (Wildman–Crippen LogP) is 5.07. The van der Waals surface area contributed by atoms with Crippen LogP contribution >= 0.6 is 0 Å². The number of hydrogen-bond donors (Lipinski definition) is 0. The smallest absolute Gasteiger partial charge is 0.0991 e. The van der Waals surface area contributed by atoms with Crippen LogP contribution in [0.25, 0.3) is 0 Å². The molecule has 0 spiro atoms. The average molecular weight is 277 g/mol. The second kappa shape index (κ2) is 8.33. The molecule has 2 rings (SSSR count). The third kappa shape index (κ3) is 5.13. The maximum absolute atomic E-state index is 8.74. The zero-order valence-corrected chi connectivity index (χ0v) is 12.8. The third-order valence-electron chi connectivity index (χ3n) is 4.27. The Morgan fingerprint density at radius 3 is 2.38 bits per heavy atom. The predicted molar refractivity (Wildman–Crippen MR) is 87.5 cm³/mol. The minimum absolute atomic E-state index is 0.680. The minimum atomic E-state index is 0.680. The third-order valence-corrected chi connectivity index (χ3v) is 4.27. The van der Waals surface area contributed by atoms with E-state index in [4.69, 9.17) is 5.26 Å². The lowest BCUT2D eigenvalue weighted by atomic mass is 9.80. The van der Waals surface area contributed by atoms with E-state index in [0.29, 0.717) is 11.5 Å². The Morgan fingerprint density at radius 2 is 1.76 bits per heavy atom. The van der Waals surface area contributed by atoms with Crippen molar-refractivity contribution < 1.29 is 0 Å². The van der Waals surface area contributed by atoms with Gasteiger partial charge in [0.05, 0.1) is 11.6 Å². The maximum atomic E-state index is 8.74. The summed E-state index contributed by atoms with van der Waals surface area (Å²) in [4.78, 5) is 0. The molecule has 1 fully saturated rings. The molecular formula is C20H23N. The molecule has 0 amide bonds. The molecule has 21 heavy (non-hydrogen) atoms. The summed E-state index contributed by atoms with van der Waals surface area (Å²) in [6, 6.07) is 9.53. The molecule has 0 saturated heterocycles. The Hall–Kier alpha value is -1.99. The van der Waals surface area contributed by atoms with Crippen molar-refractivity contribution in [3.8, 4) is 17.9 Å². The largest absolute Gasteiger partial charge is 0.192 e. The Morgan fingerprint density at radius 1 is 1.10 bits per heavy atom. The number of allylic oxidation sites excluding steroid dienone is 2. The molecule has 0 unspecified atom stereocenters. The molecule has 1 nitrogen and oxygen atoms in total. The second-order valence-corrected chi connectivity index (χ2v) is 5.89. The summed E-state index contributed by atoms with van der Waals surface area (Å²) in [5.74, 6) is 7.91. The lowest BCUT2D eigenvalue weighted by molar-refractivity contribution is 0.294. The molecule has 1 heteroatoms. The fraction of sp³-hybridized carbons (Fsp3) is 0.450. The molecule has 1 aromatic carbocycles. The SMILES string of the molecule is CCCC1CCC(/C=C/C#Cc2ccc(C#N)cc2)CC1. The molecule has 0 heterocycles. The monoisotopic (exact) mass is 277 g/mol. The van der Waals surface area contributed by atoms with Crippen LogP contribution in [0.15, 0.2) is 36.4 Å². The molecule has 0 radical (unpaired) electrons. The minimum Gasteiger partial charge on any atom is -0.192 e. The van der Waals surface area contributed by atoms with Crippen LogP contribution in [0.5, 0.6) is 0 Å². The van der Waals surface area contributed by atoms with E-state index in [1.54, 1.807) is 0 Å². The van der Waals surface area contributed by atoms with Gasteiger partial charge in [0.1, 0.15) is 0 Å². The van der Waals surface area contributed by atoms with E-state index in [-0.39, 0.29) is 0 Å². The molecule has 1 aliphatic rings. The summed E-state index contributed by atoms with van der Waals surface area (Å²) < 4.78 is 0. The lowest BCUT2D eigenvalue weighted by Crippen LogP contribution is -2.12. The van der Waals surface area contributed by atoms with Crippen molar-refractivity contribution in [2.24, 2.45) is 11.8 Å². The van der Waals surface area contributed by atoms with E-state index < -0.39 is 0 Å². The fourth-order valence-corrected chi connectivity index (χ4v) is 3.01. The van der Waals surface area contributed by atoms with Gasteiger partial charge in [0, 0.05) is 5.56 Å². The van der Waals surface area contributed by atoms with Crippen molar-refractivity contribution in [1.82, 2.24) is 0 Å². The summed E-state index contributed by atoms with van der Waals surface area (Å²) in [7, 11) is 0. The van der Waals surface area contributed by atoms with Crippen LogP contribution < -0.4 is 0 Å². The molecule has 1 saturated carbocycles. The van der Waals surface area contributed by atoms with E-state index >= 15 is 0 Å². The molecule has 1 aliphatic carbocycles. The Balaban J connectivity index is 1.81. The summed E-state index contributed by atoms with van der Waals surface area (Å²) in [6.07, 6.45) is 12.4. The lowest BCUT2D eigenvalue weighted by Gasteiger charge is -2.26. The van der Waals surface area contributed by atoms with Crippen LogP contribution in [0.2, 0.25) is 0 Å². The van der Waals surface area contributed by atoms with E-state index in [1.807, 2.05) is 30.3 Å². The van der Waals surface area contributed by atoms with Crippen molar-refractivity contribution in [3.05, 3.63) is 47.5 Å². The van der Waals surface area contributed by atoms with Crippen molar-refractivity contribution in [2.45, 2.75) is 45.4 Å². The normalized spacial score (nSPS) is 21.5. The topological polar surface area (TPSA) is 23.8 Å². The molecule has 0 aromatic heterocycles. The van der Waals surface area contributed by atoms with Crippen LogP contribution in [0.4, 0.5) is 0 Å². The highest BCUT2D eigenvalue weighted by Gasteiger charge is 2.18. The van der Waals surface area contributed by atoms with Crippen LogP contribution in [0, 0.1) is 35.0 Å². The Labute approximate surface area is 128 Å². The average Bonchev–Trinajstić information content (AvgIpc) is 2.54. The number of nitrogens with zero attached hydrogens (tertiary/aromatic N) is 1. The van der Waals surface area contributed by atoms with Gasteiger partial charge in [-0.15, -0.1) is 0 Å². The molecule has 0 bridgehead atoms. The zero-order valence-electron chi connectivity index (χ0n) is 12.8. The van der Waals surface area contributed by atoms with Crippen molar-refractivity contribution in [1.29, 1.82) is 5.26 Å². The van der Waals surface area contributed by atoms with Crippen LogP contribution in [0.1, 0.15) is 56.6 Å². The number of rotatable bonds is 3. The molecule has 0 atom stereocenters. The van der Waals surface area contributed by atoms with E-state index in [1.165, 1.54) is 38.5 Å². The molecule has 0 aliphatic heterocycles. The summed E-state index contributed by atoms with van der Waals surface area (Å²) in [5, 5.41) is 8.74. The molecule has 1 aromatic rings. The summed E-state index contributed by atoms with van der Waals surface area (Å²) >= 11 is 0. The maximum Gasteiger partial charge on any atom is 0.0991 e. The van der Waals surface area contributed by atoms with Gasteiger partial charge in [0.15, 0.2) is 0 Å². The molecule has 0 N–H and O–H groups in total. The van der Waals surface area contributed by atoms with Gasteiger partial charge in [0.25, 0.3) is 0 Å². The molecular weight excluding hydrogens is 254 g/mol. The number of benzene rings is 1. The summed E-state index contributed by atoms with van der Waals surface area (Å²) in [5.41, 5.74) is 1.64. The fourth-order valence-electron chi connectivity index (χ4n) is 3.01. The van der Waals surface area contributed by atoms with Gasteiger partial charge >= 0.3 is 0 Å². The zero-order chi connectivity index (χ0) is 14.9. The number of nitriles is 1. The highest BCUT2D eigenvalue weighted by molar-refractivity contribution is 5.41. The Bertz CT molecular complexity index is 555. The first kappa shape index (κ1) is 15.4. The first-order chi connectivity index (χ1) is 10.3. The number of hydrogen-bond acceptors (Lipinski definition) is 1. The van der Waals surface area contributed by atoms with Gasteiger partial charge in [0.2, 0.25) is 0 Å². The van der Waals surface area contributed by atoms with Crippen molar-refractivity contribution in [3.63, 3.8) is 0 Å². The van der Waals surface area contributed by atoms with Gasteiger partial charge < -0.3 is 0 Å². The van der Waals surface area contributed by atoms with Crippen molar-refractivity contribution >= 4 is 0 Å². The van der Waals surface area contributed by atoms with E-state index in [2.05, 4.69) is 30.9 Å². The van der Waals surface area contributed by atoms with E-state index in [0.717, 1.165) is 11.5 Å². The summed E-state index contributed by atoms with van der Waals surface area (Å²) in [6.45, 7) is 2.28. The van der Waals surface area contributed by atoms with Crippen LogP contribution in [-0.4, -0.2) is 0 Å². The first-order valence-corrected chi connectivity index (χ1v) is 8.00. The van der Waals surface area contributed by atoms with Crippen LogP contribution in [-0.2, 0) is 0 Å². The van der Waals surface area contributed by atoms with Gasteiger partial charge in [-0.3, -0.25) is 0 Å². The van der Waals surface area contributed by atoms with E-state index in [9.17, 15) is 0 Å². The van der Waals surface area contributed by atoms with Gasteiger partial charge in [-0.25, -0.2) is 0 Å². The van der Waals surface area contributed by atoms with Crippen molar-refractivity contribution in [2.75, 3.05) is 0 Å². The Kier molecular flexibility index (Phi) is 6.11. The quantitative estimate of drug-likeness (QED) is 0.707. The highest BCUT2D eigenvalue weighted by Crippen LogP contribution is 2.31. The van der Waals surface area contributed by atoms with Gasteiger partial charge in [-0.2, -0.15) is 5.26 Å². The standard InChI is InChI=1S/C20H23N/c1-2-5-17-8-10-18(11-9-17)6-3-4-7-19-12-14-20(16-21)15-13-19/h3,6,12-15,17-18H,2,5,8-11H2,1H3/b6-3+. The highest BCUT2D eigenvalue weighted by atomic mass is 14.2. The van der Waals surface area contributed by atoms with Crippen LogP contribution in [0.3, 0.4) is 0 Å².